The van der Waals surface area contributed by atoms with Crippen molar-refractivity contribution in [2.45, 2.75) is 31.9 Å². The van der Waals surface area contributed by atoms with Crippen molar-refractivity contribution in [3.8, 4) is 0 Å². The predicted molar refractivity (Wildman–Crippen MR) is 82.3 cm³/mol. The highest BCUT2D eigenvalue weighted by Crippen LogP contribution is 2.19. The van der Waals surface area contributed by atoms with Crippen LogP contribution in [-0.2, 0) is 12.0 Å². The van der Waals surface area contributed by atoms with Crippen LogP contribution in [0.15, 0.2) is 39.6 Å². The SMILES string of the molecule is C[C@@H](Cc1ccsc1)NC(=O)NC[C@](C)(O)c1ccco1. The highest BCUT2D eigenvalue weighted by Gasteiger charge is 2.26. The Hall–Kier alpha value is -1.79. The van der Waals surface area contributed by atoms with E-state index in [4.69, 9.17) is 4.42 Å². The summed E-state index contributed by atoms with van der Waals surface area (Å²) in [5.41, 5.74) is -0.0207. The lowest BCUT2D eigenvalue weighted by atomic mass is 10.0. The summed E-state index contributed by atoms with van der Waals surface area (Å²) in [4.78, 5) is 11.8. The molecular weight excluding hydrogens is 288 g/mol. The van der Waals surface area contributed by atoms with E-state index in [0.717, 1.165) is 6.42 Å². The summed E-state index contributed by atoms with van der Waals surface area (Å²) < 4.78 is 5.16. The van der Waals surface area contributed by atoms with Gasteiger partial charge in [0.1, 0.15) is 11.4 Å². The Labute approximate surface area is 128 Å². The number of carbonyl (C=O) groups excluding carboxylic acids is 1. The van der Waals surface area contributed by atoms with Crippen molar-refractivity contribution in [2.75, 3.05) is 6.54 Å². The summed E-state index contributed by atoms with van der Waals surface area (Å²) in [5, 5.41) is 19.8. The molecule has 6 heteroatoms. The Morgan fingerprint density at radius 1 is 1.52 bits per heavy atom. The van der Waals surface area contributed by atoms with Crippen LogP contribution >= 0.6 is 11.3 Å². The van der Waals surface area contributed by atoms with E-state index in [9.17, 15) is 9.90 Å². The maximum Gasteiger partial charge on any atom is 0.315 e. The molecule has 2 aromatic rings. The summed E-state index contributed by atoms with van der Waals surface area (Å²) in [6.07, 6.45) is 2.28. The molecule has 0 aromatic carbocycles. The van der Waals surface area contributed by atoms with Crippen molar-refractivity contribution in [3.05, 3.63) is 46.5 Å². The van der Waals surface area contributed by atoms with Gasteiger partial charge in [0.15, 0.2) is 0 Å². The molecule has 2 heterocycles. The molecule has 2 rings (SSSR count). The second kappa shape index (κ2) is 6.78. The first-order valence-electron chi connectivity index (χ1n) is 6.79. The van der Waals surface area contributed by atoms with Gasteiger partial charge in [0.25, 0.3) is 0 Å². The molecule has 0 radical (unpaired) electrons. The maximum atomic E-state index is 11.8. The number of nitrogens with one attached hydrogen (secondary N) is 2. The number of thiophene rings is 1. The zero-order valence-corrected chi connectivity index (χ0v) is 12.9. The molecule has 2 atom stereocenters. The summed E-state index contributed by atoms with van der Waals surface area (Å²) in [7, 11) is 0. The molecule has 0 aliphatic rings. The Morgan fingerprint density at radius 3 is 2.95 bits per heavy atom. The average molecular weight is 308 g/mol. The molecule has 0 aliphatic heterocycles. The van der Waals surface area contributed by atoms with E-state index in [2.05, 4.69) is 16.0 Å². The lowest BCUT2D eigenvalue weighted by molar-refractivity contribution is 0.0366. The zero-order valence-electron chi connectivity index (χ0n) is 12.1. The average Bonchev–Trinajstić information content (AvgIpc) is 3.09. The summed E-state index contributed by atoms with van der Waals surface area (Å²) in [5.74, 6) is 0.425. The van der Waals surface area contributed by atoms with Gasteiger partial charge >= 0.3 is 6.03 Å². The lowest BCUT2D eigenvalue weighted by Gasteiger charge is -2.22. The number of furan rings is 1. The van der Waals surface area contributed by atoms with Crippen LogP contribution in [0.4, 0.5) is 4.79 Å². The van der Waals surface area contributed by atoms with Gasteiger partial charge in [-0.25, -0.2) is 4.79 Å². The second-order valence-electron chi connectivity index (χ2n) is 5.31. The van der Waals surface area contributed by atoms with Crippen molar-refractivity contribution in [1.29, 1.82) is 0 Å². The first-order valence-corrected chi connectivity index (χ1v) is 7.73. The second-order valence-corrected chi connectivity index (χ2v) is 6.09. The standard InChI is InChI=1S/C15H20N2O3S/c1-11(8-12-5-7-21-9-12)17-14(18)16-10-15(2,19)13-4-3-6-20-13/h3-7,9,11,19H,8,10H2,1-2H3,(H2,16,17,18)/t11-,15-/m0/s1. The van der Waals surface area contributed by atoms with E-state index in [1.807, 2.05) is 18.4 Å². The summed E-state index contributed by atoms with van der Waals surface area (Å²) in [6.45, 7) is 3.63. The molecule has 2 amide bonds. The lowest BCUT2D eigenvalue weighted by Crippen LogP contribution is -2.46. The number of carbonyl (C=O) groups is 1. The molecule has 2 aromatic heterocycles. The van der Waals surface area contributed by atoms with Gasteiger partial charge in [-0.15, -0.1) is 0 Å². The molecule has 0 fully saturated rings. The largest absolute Gasteiger partial charge is 0.466 e. The van der Waals surface area contributed by atoms with Crippen LogP contribution in [0.25, 0.3) is 0 Å². The van der Waals surface area contributed by atoms with Crippen LogP contribution in [0.3, 0.4) is 0 Å². The number of hydrogen-bond donors (Lipinski definition) is 3. The summed E-state index contributed by atoms with van der Waals surface area (Å²) >= 11 is 1.64. The Kier molecular flexibility index (Phi) is 5.03. The third-order valence-corrected chi connectivity index (χ3v) is 3.88. The fourth-order valence-electron chi connectivity index (χ4n) is 2.01. The minimum Gasteiger partial charge on any atom is -0.466 e. The zero-order chi connectivity index (χ0) is 15.3. The van der Waals surface area contributed by atoms with Gasteiger partial charge in [0, 0.05) is 6.04 Å². The van der Waals surface area contributed by atoms with Gasteiger partial charge in [0.2, 0.25) is 0 Å². The number of rotatable bonds is 6. The molecule has 3 N–H and O–H groups in total. The number of hydrogen-bond acceptors (Lipinski definition) is 4. The molecule has 21 heavy (non-hydrogen) atoms. The molecule has 114 valence electrons. The molecule has 5 nitrogen and oxygen atoms in total. The molecule has 0 saturated carbocycles. The third kappa shape index (κ3) is 4.61. The Bertz CT molecular complexity index is 550. The first-order chi connectivity index (χ1) is 9.97. The minimum atomic E-state index is -1.22. The van der Waals surface area contributed by atoms with Crippen LogP contribution in [-0.4, -0.2) is 23.7 Å². The minimum absolute atomic E-state index is 0.0214. The monoisotopic (exact) mass is 308 g/mol. The van der Waals surface area contributed by atoms with Crippen LogP contribution in [0.5, 0.6) is 0 Å². The van der Waals surface area contributed by atoms with Gasteiger partial charge < -0.3 is 20.2 Å². The van der Waals surface area contributed by atoms with E-state index in [1.54, 1.807) is 30.4 Å². The highest BCUT2D eigenvalue weighted by atomic mass is 32.1. The van der Waals surface area contributed by atoms with Crippen molar-refractivity contribution < 1.29 is 14.3 Å². The predicted octanol–water partition coefficient (Wildman–Crippen LogP) is 2.48. The maximum absolute atomic E-state index is 11.8. The first kappa shape index (κ1) is 15.6. The van der Waals surface area contributed by atoms with Crippen LogP contribution in [0.2, 0.25) is 0 Å². The normalized spacial score (nSPS) is 15.2. The number of aliphatic hydroxyl groups is 1. The molecule has 0 bridgehead atoms. The quantitative estimate of drug-likeness (QED) is 0.767. The molecular formula is C15H20N2O3S. The van der Waals surface area contributed by atoms with E-state index >= 15 is 0 Å². The van der Waals surface area contributed by atoms with Crippen molar-refractivity contribution in [2.24, 2.45) is 0 Å². The van der Waals surface area contributed by atoms with Gasteiger partial charge in [-0.3, -0.25) is 0 Å². The fraction of sp³-hybridized carbons (Fsp3) is 0.400. The third-order valence-electron chi connectivity index (χ3n) is 3.14. The van der Waals surface area contributed by atoms with Gasteiger partial charge in [-0.2, -0.15) is 11.3 Å². The topological polar surface area (TPSA) is 74.5 Å². The van der Waals surface area contributed by atoms with E-state index in [1.165, 1.54) is 11.8 Å². The molecule has 0 saturated heterocycles. The fourth-order valence-corrected chi connectivity index (χ4v) is 2.69. The van der Waals surface area contributed by atoms with E-state index in [-0.39, 0.29) is 18.6 Å². The molecule has 0 unspecified atom stereocenters. The number of urea groups is 1. The van der Waals surface area contributed by atoms with Crippen molar-refractivity contribution in [1.82, 2.24) is 10.6 Å². The van der Waals surface area contributed by atoms with Gasteiger partial charge in [0.05, 0.1) is 12.8 Å². The summed E-state index contributed by atoms with van der Waals surface area (Å²) in [6, 6.07) is 5.14. The van der Waals surface area contributed by atoms with Crippen molar-refractivity contribution in [3.63, 3.8) is 0 Å². The Morgan fingerprint density at radius 2 is 2.33 bits per heavy atom. The van der Waals surface area contributed by atoms with Gasteiger partial charge in [-0.1, -0.05) is 0 Å². The van der Waals surface area contributed by atoms with Crippen LogP contribution in [0, 0.1) is 0 Å². The van der Waals surface area contributed by atoms with Crippen molar-refractivity contribution >= 4 is 17.4 Å². The Balaban J connectivity index is 1.77. The molecule has 0 aliphatic carbocycles. The number of amides is 2. The smallest absolute Gasteiger partial charge is 0.315 e. The molecule has 0 spiro atoms. The van der Waals surface area contributed by atoms with Crippen LogP contribution < -0.4 is 10.6 Å². The van der Waals surface area contributed by atoms with Gasteiger partial charge in [-0.05, 0) is 54.8 Å². The highest BCUT2D eigenvalue weighted by molar-refractivity contribution is 7.07. The van der Waals surface area contributed by atoms with E-state index in [0.29, 0.717) is 5.76 Å². The van der Waals surface area contributed by atoms with Crippen LogP contribution in [0.1, 0.15) is 25.2 Å². The van der Waals surface area contributed by atoms with E-state index < -0.39 is 5.60 Å².